The van der Waals surface area contributed by atoms with Crippen LogP contribution in [0.3, 0.4) is 0 Å². The quantitative estimate of drug-likeness (QED) is 0.838. The van der Waals surface area contributed by atoms with Crippen LogP contribution < -0.4 is 4.90 Å². The van der Waals surface area contributed by atoms with E-state index in [0.717, 1.165) is 44.8 Å². The van der Waals surface area contributed by atoms with Crippen LogP contribution in [0.5, 0.6) is 0 Å². The summed E-state index contributed by atoms with van der Waals surface area (Å²) in [6, 6.07) is 5.88. The number of pyridine rings is 1. The van der Waals surface area contributed by atoms with Crippen molar-refractivity contribution in [2.75, 3.05) is 51.7 Å². The third kappa shape index (κ3) is 3.51. The predicted molar refractivity (Wildman–Crippen MR) is 92.6 cm³/mol. The van der Waals surface area contributed by atoms with Gasteiger partial charge in [0.1, 0.15) is 11.9 Å². The third-order valence-corrected chi connectivity index (χ3v) is 5.24. The number of anilines is 1. The fourth-order valence-electron chi connectivity index (χ4n) is 3.88. The van der Waals surface area contributed by atoms with Crippen molar-refractivity contribution in [2.24, 2.45) is 5.41 Å². The standard InChI is InChI=1S/C18H25N5O/c1-21(2)17(24)12-22-8-3-6-18(13-22)7-9-23(14-18)16-5-4-15(10-19)11-20-16/h4-5,11H,3,6-9,12-14H2,1-2H3. The second-order valence-corrected chi connectivity index (χ2v) is 7.29. The summed E-state index contributed by atoms with van der Waals surface area (Å²) < 4.78 is 0. The molecule has 1 atom stereocenters. The maximum atomic E-state index is 12.0. The van der Waals surface area contributed by atoms with Gasteiger partial charge in [0.25, 0.3) is 0 Å². The number of amides is 1. The van der Waals surface area contributed by atoms with Crippen molar-refractivity contribution in [3.63, 3.8) is 0 Å². The summed E-state index contributed by atoms with van der Waals surface area (Å²) in [5.74, 6) is 1.13. The molecular weight excluding hydrogens is 302 g/mol. The molecule has 1 aromatic rings. The van der Waals surface area contributed by atoms with Crippen LogP contribution in [0.2, 0.25) is 0 Å². The zero-order chi connectivity index (χ0) is 17.2. The lowest BCUT2D eigenvalue weighted by Crippen LogP contribution is -2.48. The number of likely N-dealkylation sites (tertiary alicyclic amines) is 1. The van der Waals surface area contributed by atoms with Crippen LogP contribution in [0.25, 0.3) is 0 Å². The second kappa shape index (κ2) is 6.78. The van der Waals surface area contributed by atoms with E-state index in [4.69, 9.17) is 5.26 Å². The van der Waals surface area contributed by atoms with Crippen LogP contribution in [-0.2, 0) is 4.79 Å². The number of hydrogen-bond acceptors (Lipinski definition) is 5. The lowest BCUT2D eigenvalue weighted by atomic mass is 9.79. The Hall–Kier alpha value is -2.13. The van der Waals surface area contributed by atoms with Crippen molar-refractivity contribution in [2.45, 2.75) is 19.3 Å². The minimum Gasteiger partial charge on any atom is -0.356 e. The second-order valence-electron chi connectivity index (χ2n) is 7.29. The van der Waals surface area contributed by atoms with Gasteiger partial charge in [0.15, 0.2) is 0 Å². The number of rotatable bonds is 3. The Kier molecular flexibility index (Phi) is 4.72. The summed E-state index contributed by atoms with van der Waals surface area (Å²) in [5.41, 5.74) is 0.860. The molecule has 1 aromatic heterocycles. The topological polar surface area (TPSA) is 63.5 Å². The third-order valence-electron chi connectivity index (χ3n) is 5.24. The Morgan fingerprint density at radius 3 is 2.83 bits per heavy atom. The number of likely N-dealkylation sites (N-methyl/N-ethyl adjacent to an activating group) is 1. The molecule has 128 valence electrons. The summed E-state index contributed by atoms with van der Waals surface area (Å²) in [7, 11) is 3.63. The first-order valence-electron chi connectivity index (χ1n) is 8.55. The van der Waals surface area contributed by atoms with Crippen molar-refractivity contribution >= 4 is 11.7 Å². The van der Waals surface area contributed by atoms with Gasteiger partial charge in [-0.3, -0.25) is 9.69 Å². The van der Waals surface area contributed by atoms with Crippen molar-refractivity contribution in [3.8, 4) is 6.07 Å². The number of aromatic nitrogens is 1. The number of carbonyl (C=O) groups excluding carboxylic acids is 1. The Balaban J connectivity index is 1.64. The van der Waals surface area contributed by atoms with Crippen molar-refractivity contribution in [3.05, 3.63) is 23.9 Å². The van der Waals surface area contributed by atoms with E-state index in [1.165, 1.54) is 6.42 Å². The molecule has 3 heterocycles. The Morgan fingerprint density at radius 2 is 2.17 bits per heavy atom. The summed E-state index contributed by atoms with van der Waals surface area (Å²) in [5, 5.41) is 8.89. The average Bonchev–Trinajstić information content (AvgIpc) is 2.98. The first kappa shape index (κ1) is 16.7. The minimum atomic E-state index is 0.177. The molecule has 0 bridgehead atoms. The SMILES string of the molecule is CN(C)C(=O)CN1CCCC2(CCN(c3ccc(C#N)cn3)C2)C1. The predicted octanol–water partition coefficient (Wildman–Crippen LogP) is 1.33. The van der Waals surface area contributed by atoms with E-state index in [-0.39, 0.29) is 11.3 Å². The van der Waals surface area contributed by atoms with Gasteiger partial charge < -0.3 is 9.80 Å². The summed E-state index contributed by atoms with van der Waals surface area (Å²) in [6.07, 6.45) is 5.15. The van der Waals surface area contributed by atoms with Crippen LogP contribution in [0.4, 0.5) is 5.82 Å². The van der Waals surface area contributed by atoms with Gasteiger partial charge in [0, 0.05) is 45.3 Å². The molecule has 24 heavy (non-hydrogen) atoms. The Bertz CT molecular complexity index is 636. The molecule has 2 saturated heterocycles. The maximum Gasteiger partial charge on any atom is 0.236 e. The molecule has 2 fully saturated rings. The van der Waals surface area contributed by atoms with Crippen LogP contribution in [0.1, 0.15) is 24.8 Å². The van der Waals surface area contributed by atoms with E-state index in [1.807, 2.05) is 26.2 Å². The number of nitriles is 1. The molecule has 1 spiro atoms. The van der Waals surface area contributed by atoms with Crippen molar-refractivity contribution in [1.29, 1.82) is 5.26 Å². The van der Waals surface area contributed by atoms with Crippen LogP contribution in [-0.4, -0.2) is 67.5 Å². The lowest BCUT2D eigenvalue weighted by Gasteiger charge is -2.40. The van der Waals surface area contributed by atoms with Gasteiger partial charge in [0.2, 0.25) is 5.91 Å². The molecule has 0 aromatic carbocycles. The highest BCUT2D eigenvalue weighted by Gasteiger charge is 2.42. The molecule has 2 aliphatic heterocycles. The highest BCUT2D eigenvalue weighted by Crippen LogP contribution is 2.40. The first-order chi connectivity index (χ1) is 11.5. The molecule has 1 amide bonds. The van der Waals surface area contributed by atoms with E-state index in [0.29, 0.717) is 12.1 Å². The van der Waals surface area contributed by atoms with Crippen molar-refractivity contribution < 1.29 is 4.79 Å². The molecule has 0 aliphatic carbocycles. The van der Waals surface area contributed by atoms with Gasteiger partial charge in [-0.2, -0.15) is 5.26 Å². The molecular formula is C18H25N5O. The van der Waals surface area contributed by atoms with Gasteiger partial charge >= 0.3 is 0 Å². The van der Waals surface area contributed by atoms with E-state index in [2.05, 4.69) is 20.9 Å². The normalized spacial score (nSPS) is 24.1. The smallest absolute Gasteiger partial charge is 0.236 e. The first-order valence-corrected chi connectivity index (χ1v) is 8.55. The van der Waals surface area contributed by atoms with Crippen molar-refractivity contribution in [1.82, 2.24) is 14.8 Å². The van der Waals surface area contributed by atoms with Gasteiger partial charge in [-0.05, 0) is 37.9 Å². The van der Waals surface area contributed by atoms with Crippen LogP contribution in [0.15, 0.2) is 18.3 Å². The number of piperidine rings is 1. The molecule has 0 radical (unpaired) electrons. The fourth-order valence-corrected chi connectivity index (χ4v) is 3.88. The highest BCUT2D eigenvalue weighted by molar-refractivity contribution is 5.77. The number of carbonyl (C=O) groups is 1. The lowest BCUT2D eigenvalue weighted by molar-refractivity contribution is -0.130. The number of hydrogen-bond donors (Lipinski definition) is 0. The Labute approximate surface area is 143 Å². The van der Waals surface area contributed by atoms with E-state index in [9.17, 15) is 4.79 Å². The summed E-state index contributed by atoms with van der Waals surface area (Å²) >= 11 is 0. The van der Waals surface area contributed by atoms with E-state index < -0.39 is 0 Å². The minimum absolute atomic E-state index is 0.177. The molecule has 6 heteroatoms. The summed E-state index contributed by atoms with van der Waals surface area (Å²) in [4.78, 5) is 22.7. The van der Waals surface area contributed by atoms with E-state index >= 15 is 0 Å². The average molecular weight is 327 g/mol. The monoisotopic (exact) mass is 327 g/mol. The largest absolute Gasteiger partial charge is 0.356 e. The molecule has 0 saturated carbocycles. The zero-order valence-corrected chi connectivity index (χ0v) is 14.5. The van der Waals surface area contributed by atoms with E-state index in [1.54, 1.807) is 11.1 Å². The highest BCUT2D eigenvalue weighted by atomic mass is 16.2. The van der Waals surface area contributed by atoms with Gasteiger partial charge in [0.05, 0.1) is 12.1 Å². The maximum absolute atomic E-state index is 12.0. The zero-order valence-electron chi connectivity index (χ0n) is 14.5. The van der Waals surface area contributed by atoms with Gasteiger partial charge in [-0.1, -0.05) is 0 Å². The fraction of sp³-hybridized carbons (Fsp3) is 0.611. The Morgan fingerprint density at radius 1 is 1.33 bits per heavy atom. The molecule has 1 unspecified atom stereocenters. The summed E-state index contributed by atoms with van der Waals surface area (Å²) in [6.45, 7) is 4.49. The molecule has 2 aliphatic rings. The molecule has 0 N–H and O–H groups in total. The van der Waals surface area contributed by atoms with Crippen LogP contribution in [0, 0.1) is 16.7 Å². The molecule has 6 nitrogen and oxygen atoms in total. The van der Waals surface area contributed by atoms with Crippen LogP contribution >= 0.6 is 0 Å². The van der Waals surface area contributed by atoms with Gasteiger partial charge in [-0.15, -0.1) is 0 Å². The number of nitrogens with zero attached hydrogens (tertiary/aromatic N) is 5. The molecule has 3 rings (SSSR count). The van der Waals surface area contributed by atoms with Gasteiger partial charge in [-0.25, -0.2) is 4.98 Å².